The predicted molar refractivity (Wildman–Crippen MR) is 64.2 cm³/mol. The normalized spacial score (nSPS) is 11.8. The summed E-state index contributed by atoms with van der Waals surface area (Å²) in [6.07, 6.45) is 2.79. The number of aromatic nitrogens is 3. The summed E-state index contributed by atoms with van der Waals surface area (Å²) in [4.78, 5) is 3.96. The van der Waals surface area contributed by atoms with Gasteiger partial charge in [0.15, 0.2) is 0 Å². The molecule has 8 heteroatoms. The van der Waals surface area contributed by atoms with E-state index in [1.807, 2.05) is 0 Å². The van der Waals surface area contributed by atoms with Gasteiger partial charge in [-0.1, -0.05) is 6.07 Å². The van der Waals surface area contributed by atoms with E-state index < -0.39 is 10.0 Å². The van der Waals surface area contributed by atoms with Crippen molar-refractivity contribution in [2.24, 2.45) is 0 Å². The quantitative estimate of drug-likeness (QED) is 0.761. The largest absolute Gasteiger partial charge is 0.263 e. The highest BCUT2D eigenvalue weighted by atomic mass is 32.2. The highest BCUT2D eigenvalue weighted by Gasteiger charge is 2.13. The fourth-order valence-electron chi connectivity index (χ4n) is 1.30. The van der Waals surface area contributed by atoms with Gasteiger partial charge >= 0.3 is 0 Å². The summed E-state index contributed by atoms with van der Waals surface area (Å²) in [5.74, 6) is 0.764. The molecule has 17 heavy (non-hydrogen) atoms. The summed E-state index contributed by atoms with van der Waals surface area (Å²) in [5.41, 5.74) is 0. The fourth-order valence-corrected chi connectivity index (χ4v) is 3.41. The van der Waals surface area contributed by atoms with Crippen LogP contribution in [0, 0.1) is 0 Å². The van der Waals surface area contributed by atoms with E-state index in [0.29, 0.717) is 23.6 Å². The van der Waals surface area contributed by atoms with Crippen LogP contribution < -0.4 is 4.72 Å². The first-order chi connectivity index (χ1) is 8.18. The monoisotopic (exact) mass is 272 g/mol. The number of thiophene rings is 1. The lowest BCUT2D eigenvalue weighted by Gasteiger charge is -2.03. The summed E-state index contributed by atoms with van der Waals surface area (Å²) in [7, 11) is -3.34. The van der Waals surface area contributed by atoms with Crippen molar-refractivity contribution in [3.63, 3.8) is 0 Å². The molecule has 2 aromatic rings. The maximum Gasteiger partial charge on any atom is 0.250 e. The van der Waals surface area contributed by atoms with Gasteiger partial charge in [0.1, 0.15) is 16.4 Å². The predicted octanol–water partition coefficient (Wildman–Crippen LogP) is 0.777. The van der Waals surface area contributed by atoms with E-state index in [2.05, 4.69) is 19.9 Å². The van der Waals surface area contributed by atoms with Gasteiger partial charge in [-0.2, -0.15) is 5.10 Å². The summed E-state index contributed by atoms with van der Waals surface area (Å²) < 4.78 is 26.3. The molecule has 0 atom stereocenters. The Bertz CT molecular complexity index is 534. The molecule has 0 aliphatic rings. The van der Waals surface area contributed by atoms with Gasteiger partial charge in [0, 0.05) is 13.0 Å². The minimum Gasteiger partial charge on any atom is -0.263 e. The number of nitrogens with one attached hydrogen (secondary N) is 2. The van der Waals surface area contributed by atoms with Gasteiger partial charge in [-0.05, 0) is 17.9 Å². The fraction of sp³-hybridized carbons (Fsp3) is 0.333. The maximum absolute atomic E-state index is 11.7. The number of aromatic amines is 1. The Hall–Kier alpha value is -1.25. The SMILES string of the molecule is O=S(=O)(NCCCc1ncn[nH]1)c1cccs1. The van der Waals surface area contributed by atoms with E-state index >= 15 is 0 Å². The summed E-state index contributed by atoms with van der Waals surface area (Å²) >= 11 is 1.21. The zero-order valence-corrected chi connectivity index (χ0v) is 10.6. The molecule has 0 aromatic carbocycles. The molecule has 2 aromatic heterocycles. The molecule has 0 spiro atoms. The minimum absolute atomic E-state index is 0.345. The van der Waals surface area contributed by atoms with E-state index in [-0.39, 0.29) is 0 Å². The van der Waals surface area contributed by atoms with Crippen LogP contribution in [-0.2, 0) is 16.4 Å². The topological polar surface area (TPSA) is 87.7 Å². The van der Waals surface area contributed by atoms with E-state index in [4.69, 9.17) is 0 Å². The Balaban J connectivity index is 1.79. The van der Waals surface area contributed by atoms with Crippen molar-refractivity contribution >= 4 is 21.4 Å². The van der Waals surface area contributed by atoms with Crippen molar-refractivity contribution in [3.8, 4) is 0 Å². The Kier molecular flexibility index (Phi) is 3.87. The van der Waals surface area contributed by atoms with Crippen LogP contribution in [0.5, 0.6) is 0 Å². The molecular formula is C9H12N4O2S2. The molecule has 0 bridgehead atoms. The molecule has 0 fully saturated rings. The first kappa shape index (κ1) is 12.2. The van der Waals surface area contributed by atoms with Gasteiger partial charge in [-0.15, -0.1) is 11.3 Å². The average Bonchev–Trinajstić information content (AvgIpc) is 2.97. The van der Waals surface area contributed by atoms with Crippen LogP contribution in [-0.4, -0.2) is 30.1 Å². The molecule has 0 saturated carbocycles. The van der Waals surface area contributed by atoms with Crippen molar-refractivity contribution in [2.45, 2.75) is 17.1 Å². The van der Waals surface area contributed by atoms with Crippen LogP contribution in [0.3, 0.4) is 0 Å². The Labute approximate surface area is 103 Å². The molecule has 2 heterocycles. The molecule has 6 nitrogen and oxygen atoms in total. The zero-order valence-electron chi connectivity index (χ0n) is 8.96. The van der Waals surface area contributed by atoms with Gasteiger partial charge in [0.2, 0.25) is 10.0 Å². The van der Waals surface area contributed by atoms with Crippen LogP contribution in [0.25, 0.3) is 0 Å². The summed E-state index contributed by atoms with van der Waals surface area (Å²) in [5, 5.41) is 8.18. The van der Waals surface area contributed by atoms with Crippen molar-refractivity contribution in [2.75, 3.05) is 6.54 Å². The molecule has 2 N–H and O–H groups in total. The first-order valence-corrected chi connectivity index (χ1v) is 7.42. The van der Waals surface area contributed by atoms with E-state index in [0.717, 1.165) is 5.82 Å². The third-order valence-corrected chi connectivity index (χ3v) is 4.97. The van der Waals surface area contributed by atoms with Crippen molar-refractivity contribution in [1.82, 2.24) is 19.9 Å². The Morgan fingerprint density at radius 2 is 2.35 bits per heavy atom. The lowest BCUT2D eigenvalue weighted by molar-refractivity contribution is 0.580. The van der Waals surface area contributed by atoms with Gasteiger partial charge in [-0.25, -0.2) is 18.1 Å². The molecule has 0 unspecified atom stereocenters. The molecule has 0 aliphatic carbocycles. The molecule has 0 saturated heterocycles. The van der Waals surface area contributed by atoms with Crippen molar-refractivity contribution in [3.05, 3.63) is 29.7 Å². The number of sulfonamides is 1. The van der Waals surface area contributed by atoms with Crippen LogP contribution in [0.15, 0.2) is 28.0 Å². The highest BCUT2D eigenvalue weighted by molar-refractivity contribution is 7.91. The van der Waals surface area contributed by atoms with E-state index in [1.165, 1.54) is 17.7 Å². The van der Waals surface area contributed by atoms with Crippen LogP contribution in [0.2, 0.25) is 0 Å². The van der Waals surface area contributed by atoms with E-state index in [9.17, 15) is 8.42 Å². The van der Waals surface area contributed by atoms with Gasteiger partial charge in [0.05, 0.1) is 0 Å². The highest BCUT2D eigenvalue weighted by Crippen LogP contribution is 2.14. The standard InChI is InChI=1S/C9H12N4O2S2/c14-17(15,9-4-2-6-16-9)12-5-1-3-8-10-7-11-13-8/h2,4,6-7,12H,1,3,5H2,(H,10,11,13). The maximum atomic E-state index is 11.7. The Morgan fingerprint density at radius 1 is 1.47 bits per heavy atom. The lowest BCUT2D eigenvalue weighted by Crippen LogP contribution is -2.24. The first-order valence-electron chi connectivity index (χ1n) is 5.06. The van der Waals surface area contributed by atoms with E-state index in [1.54, 1.807) is 17.5 Å². The van der Waals surface area contributed by atoms with Crippen molar-refractivity contribution < 1.29 is 8.42 Å². The number of nitrogens with zero attached hydrogens (tertiary/aromatic N) is 2. The smallest absolute Gasteiger partial charge is 0.250 e. The second kappa shape index (κ2) is 5.39. The lowest BCUT2D eigenvalue weighted by atomic mass is 10.3. The minimum atomic E-state index is -3.34. The molecular weight excluding hydrogens is 260 g/mol. The number of hydrogen-bond donors (Lipinski definition) is 2. The third-order valence-electron chi connectivity index (χ3n) is 2.11. The van der Waals surface area contributed by atoms with Gasteiger partial charge < -0.3 is 0 Å². The zero-order chi connectivity index (χ0) is 12.1. The number of rotatable bonds is 6. The molecule has 0 aliphatic heterocycles. The van der Waals surface area contributed by atoms with Gasteiger partial charge in [0.25, 0.3) is 0 Å². The third kappa shape index (κ3) is 3.35. The number of hydrogen-bond acceptors (Lipinski definition) is 5. The summed E-state index contributed by atoms with van der Waals surface area (Å²) in [6.45, 7) is 0.390. The number of H-pyrrole nitrogens is 1. The average molecular weight is 272 g/mol. The summed E-state index contributed by atoms with van der Waals surface area (Å²) in [6, 6.07) is 3.30. The molecule has 2 rings (SSSR count). The van der Waals surface area contributed by atoms with Crippen molar-refractivity contribution in [1.29, 1.82) is 0 Å². The second-order valence-corrected chi connectivity index (χ2v) is 6.31. The second-order valence-electron chi connectivity index (χ2n) is 3.37. The van der Waals surface area contributed by atoms with Crippen LogP contribution in [0.1, 0.15) is 12.2 Å². The molecule has 0 radical (unpaired) electrons. The van der Waals surface area contributed by atoms with Crippen LogP contribution in [0.4, 0.5) is 0 Å². The van der Waals surface area contributed by atoms with Crippen LogP contribution >= 0.6 is 11.3 Å². The molecule has 0 amide bonds. The molecule has 92 valence electrons. The number of aryl methyl sites for hydroxylation is 1. The Morgan fingerprint density at radius 3 is 3.00 bits per heavy atom. The van der Waals surface area contributed by atoms with Gasteiger partial charge in [-0.3, -0.25) is 5.10 Å².